The predicted octanol–water partition coefficient (Wildman–Crippen LogP) is 4.26. The summed E-state index contributed by atoms with van der Waals surface area (Å²) in [5.74, 6) is 0.720. The van der Waals surface area contributed by atoms with E-state index in [1.54, 1.807) is 20.3 Å². The van der Waals surface area contributed by atoms with Crippen molar-refractivity contribution < 1.29 is 18.6 Å². The topological polar surface area (TPSA) is 56.2 Å². The van der Waals surface area contributed by atoms with Crippen LogP contribution >= 0.6 is 0 Å². The highest BCUT2D eigenvalue weighted by Crippen LogP contribution is 2.30. The van der Waals surface area contributed by atoms with Crippen molar-refractivity contribution in [1.29, 1.82) is 0 Å². The molecule has 0 radical (unpaired) electrons. The minimum Gasteiger partial charge on any atom is -0.497 e. The van der Waals surface area contributed by atoms with E-state index in [0.717, 1.165) is 64.3 Å². The second kappa shape index (κ2) is 13.0. The molecule has 2 aromatic carbocycles. The van der Waals surface area contributed by atoms with Crippen molar-refractivity contribution in [1.82, 2.24) is 14.4 Å². The Kier molecular flexibility index (Phi) is 9.55. The van der Waals surface area contributed by atoms with Crippen LogP contribution in [0.5, 0.6) is 11.5 Å². The molecular formula is C29H38FN3O4. The standard InChI is InChI=1S/C29H38FN3O4/c1-4-19-37-26-11-10-25(30)27-28(26)33(13-5-12-31-14-16-32(17-15-31)18-20-35-2)21-24(29(27)34)22-6-8-23(36-3)9-7-22/h6-11,21H,4-5,12-20H2,1-3H3. The number of methoxy groups -OCH3 is 2. The maximum absolute atomic E-state index is 15.2. The summed E-state index contributed by atoms with van der Waals surface area (Å²) in [6.07, 6.45) is 3.55. The predicted molar refractivity (Wildman–Crippen MR) is 145 cm³/mol. The van der Waals surface area contributed by atoms with Gasteiger partial charge in [-0.2, -0.15) is 0 Å². The summed E-state index contributed by atoms with van der Waals surface area (Å²) in [6, 6.07) is 10.3. The molecule has 1 aliphatic heterocycles. The zero-order valence-corrected chi connectivity index (χ0v) is 22.2. The molecule has 1 aromatic heterocycles. The van der Waals surface area contributed by atoms with E-state index in [9.17, 15) is 4.79 Å². The third-order valence-corrected chi connectivity index (χ3v) is 6.95. The van der Waals surface area contributed by atoms with Crippen LogP contribution in [0.1, 0.15) is 19.8 Å². The van der Waals surface area contributed by atoms with Gasteiger partial charge in [0.05, 0.1) is 31.2 Å². The van der Waals surface area contributed by atoms with Crippen LogP contribution < -0.4 is 14.9 Å². The molecule has 7 nitrogen and oxygen atoms in total. The lowest BCUT2D eigenvalue weighted by atomic mass is 10.0. The highest BCUT2D eigenvalue weighted by Gasteiger charge is 2.20. The first-order valence-corrected chi connectivity index (χ1v) is 13.1. The first kappa shape index (κ1) is 27.1. The molecule has 0 N–H and O–H groups in total. The molecule has 4 rings (SSSR count). The number of halogens is 1. The molecule has 1 aliphatic rings. The zero-order chi connectivity index (χ0) is 26.2. The van der Waals surface area contributed by atoms with Crippen molar-refractivity contribution in [3.05, 3.63) is 58.6 Å². The van der Waals surface area contributed by atoms with Crippen LogP contribution in [0, 0.1) is 5.82 Å². The fourth-order valence-electron chi connectivity index (χ4n) is 4.86. The molecule has 0 amide bonds. The monoisotopic (exact) mass is 511 g/mol. The molecule has 0 saturated carbocycles. The van der Waals surface area contributed by atoms with E-state index < -0.39 is 5.82 Å². The van der Waals surface area contributed by atoms with Gasteiger partial charge in [0.1, 0.15) is 17.3 Å². The molecule has 37 heavy (non-hydrogen) atoms. The van der Waals surface area contributed by atoms with Crippen LogP contribution in [-0.4, -0.2) is 81.1 Å². The Balaban J connectivity index is 1.62. The van der Waals surface area contributed by atoms with Gasteiger partial charge in [-0.25, -0.2) is 4.39 Å². The fourth-order valence-corrected chi connectivity index (χ4v) is 4.86. The van der Waals surface area contributed by atoms with Gasteiger partial charge >= 0.3 is 0 Å². The molecule has 1 fully saturated rings. The third kappa shape index (κ3) is 6.50. The van der Waals surface area contributed by atoms with Crippen molar-refractivity contribution in [2.45, 2.75) is 26.3 Å². The van der Waals surface area contributed by atoms with Crippen LogP contribution in [0.15, 0.2) is 47.4 Å². The first-order valence-electron chi connectivity index (χ1n) is 13.1. The maximum Gasteiger partial charge on any atom is 0.200 e. The lowest BCUT2D eigenvalue weighted by Crippen LogP contribution is -2.47. The third-order valence-electron chi connectivity index (χ3n) is 6.95. The molecule has 0 atom stereocenters. The van der Waals surface area contributed by atoms with Crippen molar-refractivity contribution in [2.75, 3.05) is 66.7 Å². The lowest BCUT2D eigenvalue weighted by Gasteiger charge is -2.34. The lowest BCUT2D eigenvalue weighted by molar-refractivity contribution is 0.0959. The number of ether oxygens (including phenoxy) is 3. The van der Waals surface area contributed by atoms with Crippen molar-refractivity contribution in [3.63, 3.8) is 0 Å². The van der Waals surface area contributed by atoms with E-state index in [-0.39, 0.29) is 10.8 Å². The van der Waals surface area contributed by atoms with Gasteiger partial charge in [-0.15, -0.1) is 0 Å². The Labute approximate surface area is 218 Å². The summed E-state index contributed by atoms with van der Waals surface area (Å²) < 4.78 is 33.6. The Hall–Kier alpha value is -2.94. The van der Waals surface area contributed by atoms with Crippen LogP contribution in [-0.2, 0) is 11.3 Å². The normalized spacial score (nSPS) is 14.8. The van der Waals surface area contributed by atoms with Crippen LogP contribution in [0.2, 0.25) is 0 Å². The van der Waals surface area contributed by atoms with Gasteiger partial charge in [0, 0.05) is 58.1 Å². The van der Waals surface area contributed by atoms with Gasteiger partial charge in [0.2, 0.25) is 0 Å². The molecule has 0 unspecified atom stereocenters. The minimum absolute atomic E-state index is 0.0775. The van der Waals surface area contributed by atoms with Crippen LogP contribution in [0.4, 0.5) is 4.39 Å². The number of fused-ring (bicyclic) bond motifs is 1. The molecule has 8 heteroatoms. The summed E-state index contributed by atoms with van der Waals surface area (Å²) in [5, 5.41) is 0.0775. The average molecular weight is 512 g/mol. The number of benzene rings is 2. The van der Waals surface area contributed by atoms with Crippen LogP contribution in [0.3, 0.4) is 0 Å². The number of nitrogens with zero attached hydrogens (tertiary/aromatic N) is 3. The van der Waals surface area contributed by atoms with Gasteiger partial charge in [-0.1, -0.05) is 19.1 Å². The van der Waals surface area contributed by atoms with E-state index in [1.807, 2.05) is 42.0 Å². The number of piperazine rings is 1. The van der Waals surface area contributed by atoms with E-state index in [2.05, 4.69) is 9.80 Å². The molecule has 200 valence electrons. The maximum atomic E-state index is 15.2. The second-order valence-corrected chi connectivity index (χ2v) is 9.44. The molecule has 2 heterocycles. The number of aromatic nitrogens is 1. The Bertz CT molecular complexity index is 1220. The molecule has 1 saturated heterocycles. The van der Waals surface area contributed by atoms with E-state index in [0.29, 0.717) is 35.7 Å². The largest absolute Gasteiger partial charge is 0.497 e. The molecule has 0 aliphatic carbocycles. The van der Waals surface area contributed by atoms with Crippen molar-refractivity contribution >= 4 is 10.9 Å². The SMILES string of the molecule is CCCOc1ccc(F)c2c(=O)c(-c3ccc(OC)cc3)cn(CCCN3CCN(CCOC)CC3)c12. The molecule has 0 bridgehead atoms. The number of hydrogen-bond donors (Lipinski definition) is 0. The minimum atomic E-state index is -0.528. The van der Waals surface area contributed by atoms with Gasteiger partial charge in [-0.05, 0) is 49.2 Å². The van der Waals surface area contributed by atoms with Gasteiger partial charge in [0.15, 0.2) is 5.43 Å². The van der Waals surface area contributed by atoms with Gasteiger partial charge < -0.3 is 23.7 Å². The van der Waals surface area contributed by atoms with Crippen LogP contribution in [0.25, 0.3) is 22.0 Å². The summed E-state index contributed by atoms with van der Waals surface area (Å²) in [5.41, 5.74) is 1.39. The highest BCUT2D eigenvalue weighted by atomic mass is 19.1. The number of hydrogen-bond acceptors (Lipinski definition) is 6. The fraction of sp³-hybridized carbons (Fsp3) is 0.483. The molecule has 0 spiro atoms. The second-order valence-electron chi connectivity index (χ2n) is 9.44. The first-order chi connectivity index (χ1) is 18.0. The summed E-state index contributed by atoms with van der Waals surface area (Å²) in [7, 11) is 3.34. The zero-order valence-electron chi connectivity index (χ0n) is 22.2. The smallest absolute Gasteiger partial charge is 0.200 e. The van der Waals surface area contributed by atoms with E-state index >= 15 is 4.39 Å². The summed E-state index contributed by atoms with van der Waals surface area (Å²) in [4.78, 5) is 18.4. The van der Waals surface area contributed by atoms with E-state index in [1.165, 1.54) is 6.07 Å². The summed E-state index contributed by atoms with van der Waals surface area (Å²) >= 11 is 0. The number of pyridine rings is 1. The van der Waals surface area contributed by atoms with Gasteiger partial charge in [-0.3, -0.25) is 9.69 Å². The average Bonchev–Trinajstić information content (AvgIpc) is 2.93. The quantitative estimate of drug-likeness (QED) is 0.362. The van der Waals surface area contributed by atoms with E-state index in [4.69, 9.17) is 14.2 Å². The van der Waals surface area contributed by atoms with Crippen molar-refractivity contribution in [3.8, 4) is 22.6 Å². The van der Waals surface area contributed by atoms with Gasteiger partial charge in [0.25, 0.3) is 0 Å². The number of aryl methyl sites for hydroxylation is 1. The van der Waals surface area contributed by atoms with Crippen molar-refractivity contribution in [2.24, 2.45) is 0 Å². The highest BCUT2D eigenvalue weighted by molar-refractivity contribution is 5.89. The Morgan fingerprint density at radius 1 is 0.892 bits per heavy atom. The Morgan fingerprint density at radius 2 is 1.59 bits per heavy atom. The molecular weight excluding hydrogens is 473 g/mol. The Morgan fingerprint density at radius 3 is 2.24 bits per heavy atom. The molecule has 3 aromatic rings. The summed E-state index contributed by atoms with van der Waals surface area (Å²) in [6.45, 7) is 9.94. The number of rotatable bonds is 12.